The summed E-state index contributed by atoms with van der Waals surface area (Å²) in [5.41, 5.74) is 2.63. The van der Waals surface area contributed by atoms with Gasteiger partial charge in [0.1, 0.15) is 17.6 Å². The molecule has 3 aromatic rings. The molecule has 8 nitrogen and oxygen atoms in total. The van der Waals surface area contributed by atoms with Crippen LogP contribution in [-0.2, 0) is 20.8 Å². The van der Waals surface area contributed by atoms with E-state index in [0.29, 0.717) is 29.2 Å². The lowest BCUT2D eigenvalue weighted by Gasteiger charge is -2.25. The van der Waals surface area contributed by atoms with Crippen molar-refractivity contribution in [1.29, 1.82) is 0 Å². The highest BCUT2D eigenvalue weighted by Gasteiger charge is 2.47. The molecule has 8 heteroatoms. The summed E-state index contributed by atoms with van der Waals surface area (Å²) >= 11 is 0. The van der Waals surface area contributed by atoms with Crippen LogP contribution in [-0.4, -0.2) is 34.3 Å². The van der Waals surface area contributed by atoms with E-state index in [1.807, 2.05) is 0 Å². The first-order valence-corrected chi connectivity index (χ1v) is 11.3. The molecule has 35 heavy (non-hydrogen) atoms. The van der Waals surface area contributed by atoms with Gasteiger partial charge in [0.25, 0.3) is 11.7 Å². The molecule has 2 aliphatic rings. The first kappa shape index (κ1) is 22.3. The number of hydrogen-bond donors (Lipinski definition) is 2. The maximum absolute atomic E-state index is 13.3. The summed E-state index contributed by atoms with van der Waals surface area (Å²) in [6, 6.07) is 16.1. The number of rotatable bonds is 4. The zero-order valence-corrected chi connectivity index (χ0v) is 19.0. The van der Waals surface area contributed by atoms with E-state index in [4.69, 9.17) is 4.74 Å². The molecule has 176 valence electrons. The number of pyridine rings is 1. The third-order valence-electron chi connectivity index (χ3n) is 6.04. The van der Waals surface area contributed by atoms with Gasteiger partial charge in [0.15, 0.2) is 0 Å². The van der Waals surface area contributed by atoms with Crippen LogP contribution < -0.4 is 15.0 Å². The molecule has 2 N–H and O–H groups in total. The molecule has 0 saturated carbocycles. The van der Waals surface area contributed by atoms with Crippen molar-refractivity contribution in [2.24, 2.45) is 0 Å². The van der Waals surface area contributed by atoms with Gasteiger partial charge in [0, 0.05) is 30.1 Å². The number of Topliss-reactive ketones (excluding diaryl/α,β-unsaturated/α-hetero) is 1. The molecule has 1 atom stereocenters. The minimum atomic E-state index is -0.948. The zero-order valence-electron chi connectivity index (χ0n) is 19.0. The van der Waals surface area contributed by atoms with Crippen LogP contribution in [0.1, 0.15) is 36.2 Å². The van der Waals surface area contributed by atoms with Crippen LogP contribution in [0.15, 0.2) is 72.4 Å². The molecule has 0 bridgehead atoms. The third-order valence-corrected chi connectivity index (χ3v) is 6.04. The van der Waals surface area contributed by atoms with Gasteiger partial charge in [-0.15, -0.1) is 0 Å². The van der Waals surface area contributed by atoms with Crippen molar-refractivity contribution in [3.8, 4) is 5.75 Å². The van der Waals surface area contributed by atoms with Gasteiger partial charge in [-0.25, -0.2) is 0 Å². The fraction of sp³-hybridized carbons (Fsp3) is 0.185. The molecular formula is C27H23N3O5. The van der Waals surface area contributed by atoms with Crippen molar-refractivity contribution in [3.63, 3.8) is 0 Å². The van der Waals surface area contributed by atoms with Crippen molar-refractivity contribution in [2.75, 3.05) is 16.8 Å². The second-order valence-corrected chi connectivity index (χ2v) is 8.43. The van der Waals surface area contributed by atoms with E-state index in [-0.39, 0.29) is 17.2 Å². The molecule has 3 heterocycles. The largest absolute Gasteiger partial charge is 0.507 e. The Labute approximate surface area is 201 Å². The average molecular weight is 469 g/mol. The monoisotopic (exact) mass is 469 g/mol. The number of aliphatic hydroxyl groups excluding tert-OH is 1. The van der Waals surface area contributed by atoms with Crippen LogP contribution in [0.4, 0.5) is 11.4 Å². The van der Waals surface area contributed by atoms with E-state index in [2.05, 4.69) is 10.3 Å². The lowest BCUT2D eigenvalue weighted by atomic mass is 9.96. The number of aliphatic hydroxyl groups is 1. The zero-order chi connectivity index (χ0) is 24.5. The van der Waals surface area contributed by atoms with Crippen molar-refractivity contribution in [3.05, 3.63) is 89.3 Å². The van der Waals surface area contributed by atoms with Gasteiger partial charge in [-0.3, -0.25) is 24.3 Å². The summed E-state index contributed by atoms with van der Waals surface area (Å²) in [4.78, 5) is 43.8. The molecular weight excluding hydrogens is 446 g/mol. The smallest absolute Gasteiger partial charge is 0.300 e. The lowest BCUT2D eigenvalue weighted by molar-refractivity contribution is -0.132. The Kier molecular flexibility index (Phi) is 5.78. The van der Waals surface area contributed by atoms with Gasteiger partial charge in [-0.2, -0.15) is 0 Å². The number of nitrogens with one attached hydrogen (secondary N) is 1. The number of ketones is 1. The molecule has 1 saturated heterocycles. The maximum Gasteiger partial charge on any atom is 0.300 e. The standard InChI is InChI=1S/C27H23N3O5/c1-16(31)29-19-7-4-8-20(15-19)30-24(21-9-2-3-12-28-21)23(26(33)27(30)34)25(32)18-10-11-22-17(14-18)6-5-13-35-22/h2-4,7-12,14-15,24,32H,5-6,13H2,1H3,(H,29,31)/b25-23-. The van der Waals surface area contributed by atoms with Gasteiger partial charge < -0.3 is 15.2 Å². The predicted molar refractivity (Wildman–Crippen MR) is 130 cm³/mol. The number of hydrogen-bond acceptors (Lipinski definition) is 6. The van der Waals surface area contributed by atoms with Crippen LogP contribution >= 0.6 is 0 Å². The van der Waals surface area contributed by atoms with Crippen molar-refractivity contribution >= 4 is 34.7 Å². The van der Waals surface area contributed by atoms with E-state index in [1.165, 1.54) is 11.8 Å². The van der Waals surface area contributed by atoms with E-state index in [1.54, 1.807) is 66.9 Å². The van der Waals surface area contributed by atoms with E-state index >= 15 is 0 Å². The van der Waals surface area contributed by atoms with E-state index < -0.39 is 17.7 Å². The Bertz CT molecular complexity index is 1370. The highest BCUT2D eigenvalue weighted by molar-refractivity contribution is 6.51. The Balaban J connectivity index is 1.66. The first-order valence-electron chi connectivity index (χ1n) is 11.3. The molecule has 0 spiro atoms. The van der Waals surface area contributed by atoms with Gasteiger partial charge >= 0.3 is 0 Å². The molecule has 1 aromatic heterocycles. The number of benzene rings is 2. The van der Waals surface area contributed by atoms with Crippen molar-refractivity contribution in [1.82, 2.24) is 4.98 Å². The number of fused-ring (bicyclic) bond motifs is 1. The maximum atomic E-state index is 13.3. The van der Waals surface area contributed by atoms with Gasteiger partial charge in [0.2, 0.25) is 5.91 Å². The van der Waals surface area contributed by atoms with Crippen LogP contribution in [0.5, 0.6) is 5.75 Å². The summed E-state index contributed by atoms with van der Waals surface area (Å²) in [5, 5.41) is 14.0. The number of carbonyl (C=O) groups excluding carboxylic acids is 3. The van der Waals surface area contributed by atoms with Crippen LogP contribution in [0.2, 0.25) is 0 Å². The number of anilines is 2. The lowest BCUT2D eigenvalue weighted by Crippen LogP contribution is -2.30. The minimum absolute atomic E-state index is 0.0460. The highest BCUT2D eigenvalue weighted by Crippen LogP contribution is 2.42. The minimum Gasteiger partial charge on any atom is -0.507 e. The summed E-state index contributed by atoms with van der Waals surface area (Å²) in [6.07, 6.45) is 3.23. The summed E-state index contributed by atoms with van der Waals surface area (Å²) < 4.78 is 5.66. The van der Waals surface area contributed by atoms with Gasteiger partial charge in [-0.05, 0) is 66.9 Å². The van der Waals surface area contributed by atoms with Gasteiger partial charge in [0.05, 0.1) is 17.9 Å². The number of aryl methyl sites for hydroxylation is 1. The average Bonchev–Trinajstić information content (AvgIpc) is 3.14. The highest BCUT2D eigenvalue weighted by atomic mass is 16.5. The number of amides is 2. The fourth-order valence-electron chi connectivity index (χ4n) is 4.52. The second kappa shape index (κ2) is 9.06. The Hall–Kier alpha value is -4.46. The van der Waals surface area contributed by atoms with Gasteiger partial charge in [-0.1, -0.05) is 12.1 Å². The summed E-state index contributed by atoms with van der Waals surface area (Å²) in [6.45, 7) is 2.02. The summed E-state index contributed by atoms with van der Waals surface area (Å²) in [7, 11) is 0. The molecule has 5 rings (SSSR count). The predicted octanol–water partition coefficient (Wildman–Crippen LogP) is 3.99. The molecule has 2 aliphatic heterocycles. The molecule has 1 unspecified atom stereocenters. The normalized spacial score (nSPS) is 18.7. The summed E-state index contributed by atoms with van der Waals surface area (Å²) in [5.74, 6) is -1.38. The van der Waals surface area contributed by atoms with E-state index in [0.717, 1.165) is 24.2 Å². The fourth-order valence-corrected chi connectivity index (χ4v) is 4.52. The molecule has 1 fully saturated rings. The number of carbonyl (C=O) groups is 3. The Morgan fingerprint density at radius 2 is 1.97 bits per heavy atom. The second-order valence-electron chi connectivity index (χ2n) is 8.43. The molecule has 2 amide bonds. The molecule has 2 aromatic carbocycles. The van der Waals surface area contributed by atoms with Crippen LogP contribution in [0, 0.1) is 0 Å². The van der Waals surface area contributed by atoms with Crippen LogP contribution in [0.25, 0.3) is 5.76 Å². The number of aromatic nitrogens is 1. The number of nitrogens with zero attached hydrogens (tertiary/aromatic N) is 2. The number of ether oxygens (including phenoxy) is 1. The third kappa shape index (κ3) is 4.14. The van der Waals surface area contributed by atoms with Crippen molar-refractivity contribution < 1.29 is 24.2 Å². The quantitative estimate of drug-likeness (QED) is 0.340. The first-order chi connectivity index (χ1) is 16.9. The Morgan fingerprint density at radius 1 is 1.11 bits per heavy atom. The van der Waals surface area contributed by atoms with E-state index in [9.17, 15) is 19.5 Å². The SMILES string of the molecule is CC(=O)Nc1cccc(N2C(=O)C(=O)/C(=C(\O)c3ccc4c(c3)CCCO4)C2c2ccccn2)c1. The van der Waals surface area contributed by atoms with Crippen LogP contribution in [0.3, 0.4) is 0 Å². The Morgan fingerprint density at radius 3 is 2.74 bits per heavy atom. The topological polar surface area (TPSA) is 109 Å². The molecule has 0 aliphatic carbocycles. The molecule has 0 radical (unpaired) electrons. The van der Waals surface area contributed by atoms with Crippen molar-refractivity contribution in [2.45, 2.75) is 25.8 Å².